The summed E-state index contributed by atoms with van der Waals surface area (Å²) in [5, 5.41) is 3.10. The lowest BCUT2D eigenvalue weighted by Gasteiger charge is -2.33. The van der Waals surface area contributed by atoms with E-state index in [1.165, 1.54) is 11.8 Å². The lowest BCUT2D eigenvalue weighted by atomic mass is 9.95. The van der Waals surface area contributed by atoms with E-state index in [-0.39, 0.29) is 24.2 Å². The topological polar surface area (TPSA) is 114 Å². The minimum Gasteiger partial charge on any atom is -0.497 e. The monoisotopic (exact) mass is 573 g/mol. The van der Waals surface area contributed by atoms with Gasteiger partial charge in [0.1, 0.15) is 31.5 Å². The number of sulfonamides is 1. The van der Waals surface area contributed by atoms with Crippen LogP contribution in [0.4, 0.5) is 5.69 Å². The first-order chi connectivity index (χ1) is 19.2. The molecule has 218 valence electrons. The molecule has 10 nitrogen and oxygen atoms in total. The van der Waals surface area contributed by atoms with E-state index in [1.54, 1.807) is 44.4 Å². The van der Waals surface area contributed by atoms with Gasteiger partial charge in [-0.15, -0.1) is 0 Å². The van der Waals surface area contributed by atoms with E-state index in [9.17, 15) is 18.0 Å². The lowest BCUT2D eigenvalue weighted by Crippen LogP contribution is -2.53. The number of rotatable bonds is 11. The molecule has 1 aliphatic carbocycles. The SMILES string of the molecule is CCS(=O)(=O)N(CC(=O)N(Cc1cccc(OC)c1)C(C)C(=O)NC1CCCCC1)c1ccc2c(c1)OCCO2. The highest BCUT2D eigenvalue weighted by atomic mass is 32.2. The highest BCUT2D eigenvalue weighted by Crippen LogP contribution is 2.35. The number of nitrogens with zero attached hydrogens (tertiary/aromatic N) is 2. The molecule has 40 heavy (non-hydrogen) atoms. The van der Waals surface area contributed by atoms with Crippen molar-refractivity contribution >= 4 is 27.5 Å². The van der Waals surface area contributed by atoms with E-state index in [1.807, 2.05) is 12.1 Å². The van der Waals surface area contributed by atoms with Crippen molar-refractivity contribution in [2.75, 3.05) is 36.9 Å². The van der Waals surface area contributed by atoms with Crippen molar-refractivity contribution in [2.45, 2.75) is 64.6 Å². The Bertz CT molecular complexity index is 1290. The Morgan fingerprint density at radius 1 is 1.05 bits per heavy atom. The molecule has 0 bridgehead atoms. The van der Waals surface area contributed by atoms with Crippen LogP contribution in [0.15, 0.2) is 42.5 Å². The Balaban J connectivity index is 1.62. The maximum atomic E-state index is 13.9. The highest BCUT2D eigenvalue weighted by molar-refractivity contribution is 7.92. The number of carbonyl (C=O) groups excluding carboxylic acids is 2. The first kappa shape index (κ1) is 29.5. The maximum absolute atomic E-state index is 13.9. The number of hydrogen-bond acceptors (Lipinski definition) is 7. The predicted molar refractivity (Wildman–Crippen MR) is 152 cm³/mol. The normalized spacial score (nSPS) is 16.1. The summed E-state index contributed by atoms with van der Waals surface area (Å²) >= 11 is 0. The summed E-state index contributed by atoms with van der Waals surface area (Å²) in [5.41, 5.74) is 1.05. The number of methoxy groups -OCH3 is 1. The lowest BCUT2D eigenvalue weighted by molar-refractivity contribution is -0.139. The zero-order valence-electron chi connectivity index (χ0n) is 23.4. The van der Waals surface area contributed by atoms with Crippen molar-refractivity contribution in [3.8, 4) is 17.2 Å². The fourth-order valence-corrected chi connectivity index (χ4v) is 6.08. The quantitative estimate of drug-likeness (QED) is 0.438. The summed E-state index contributed by atoms with van der Waals surface area (Å²) in [5.74, 6) is 0.593. The second-order valence-corrected chi connectivity index (χ2v) is 12.3. The predicted octanol–water partition coefficient (Wildman–Crippen LogP) is 3.49. The van der Waals surface area contributed by atoms with Crippen LogP contribution in [0.5, 0.6) is 17.2 Å². The van der Waals surface area contributed by atoms with E-state index in [0.717, 1.165) is 42.0 Å². The minimum atomic E-state index is -3.85. The third kappa shape index (κ3) is 7.18. The molecular weight excluding hydrogens is 534 g/mol. The van der Waals surface area contributed by atoms with Crippen LogP contribution in [-0.4, -0.2) is 69.8 Å². The Hall–Kier alpha value is -3.47. The Labute approximate surface area is 236 Å². The number of amides is 2. The standard InChI is InChI=1S/C29H39N3O7S/c1-4-40(35,36)32(24-13-14-26-27(18-24)39-16-15-38-26)20-28(33)31(19-22-9-8-12-25(17-22)37-3)21(2)29(34)30-23-10-6-5-7-11-23/h8-9,12-14,17-18,21,23H,4-7,10-11,15-16,19-20H2,1-3H3,(H,30,34). The van der Waals surface area contributed by atoms with Gasteiger partial charge in [0.25, 0.3) is 0 Å². The van der Waals surface area contributed by atoms with Crippen LogP contribution in [0.2, 0.25) is 0 Å². The minimum absolute atomic E-state index is 0.0761. The molecule has 1 N–H and O–H groups in total. The Morgan fingerprint density at radius 2 is 1.77 bits per heavy atom. The molecule has 2 aromatic rings. The van der Waals surface area contributed by atoms with Gasteiger partial charge in [-0.05, 0) is 56.5 Å². The van der Waals surface area contributed by atoms with Crippen molar-refractivity contribution in [3.05, 3.63) is 48.0 Å². The highest BCUT2D eigenvalue weighted by Gasteiger charge is 2.32. The number of nitrogens with one attached hydrogen (secondary N) is 1. The molecule has 0 spiro atoms. The van der Waals surface area contributed by atoms with Crippen LogP contribution in [-0.2, 0) is 26.2 Å². The zero-order valence-corrected chi connectivity index (χ0v) is 24.2. The van der Waals surface area contributed by atoms with Gasteiger partial charge >= 0.3 is 0 Å². The maximum Gasteiger partial charge on any atom is 0.244 e. The smallest absolute Gasteiger partial charge is 0.244 e. The number of fused-ring (bicyclic) bond motifs is 1. The van der Waals surface area contributed by atoms with E-state index in [0.29, 0.717) is 36.1 Å². The summed E-state index contributed by atoms with van der Waals surface area (Å²) in [6.07, 6.45) is 5.10. The van der Waals surface area contributed by atoms with Crippen molar-refractivity contribution < 1.29 is 32.2 Å². The van der Waals surface area contributed by atoms with Gasteiger partial charge in [-0.3, -0.25) is 13.9 Å². The molecule has 2 aromatic carbocycles. The molecule has 1 aliphatic heterocycles. The molecule has 2 amide bonds. The van der Waals surface area contributed by atoms with E-state index >= 15 is 0 Å². The summed E-state index contributed by atoms with van der Waals surface area (Å²) in [6.45, 7) is 3.59. The third-order valence-corrected chi connectivity index (χ3v) is 9.14. The molecule has 0 aromatic heterocycles. The molecule has 0 saturated heterocycles. The molecule has 1 atom stereocenters. The number of benzene rings is 2. The van der Waals surface area contributed by atoms with E-state index in [4.69, 9.17) is 14.2 Å². The van der Waals surface area contributed by atoms with Gasteiger partial charge < -0.3 is 24.4 Å². The molecule has 1 saturated carbocycles. The first-order valence-electron chi connectivity index (χ1n) is 13.8. The summed E-state index contributed by atoms with van der Waals surface area (Å²) in [6, 6.07) is 11.3. The average molecular weight is 574 g/mol. The number of carbonyl (C=O) groups is 2. The molecule has 1 unspecified atom stereocenters. The number of anilines is 1. The third-order valence-electron chi connectivity index (χ3n) is 7.40. The molecule has 1 fully saturated rings. The van der Waals surface area contributed by atoms with Gasteiger partial charge in [0.2, 0.25) is 21.8 Å². The Morgan fingerprint density at radius 3 is 2.48 bits per heavy atom. The van der Waals surface area contributed by atoms with Crippen molar-refractivity contribution in [2.24, 2.45) is 0 Å². The van der Waals surface area contributed by atoms with Gasteiger partial charge in [-0.1, -0.05) is 31.4 Å². The zero-order chi connectivity index (χ0) is 28.7. The largest absolute Gasteiger partial charge is 0.497 e. The molecule has 11 heteroatoms. The molecule has 4 rings (SSSR count). The summed E-state index contributed by atoms with van der Waals surface area (Å²) in [7, 11) is -2.29. The van der Waals surface area contributed by atoms with Gasteiger partial charge in [-0.25, -0.2) is 8.42 Å². The first-order valence-corrected chi connectivity index (χ1v) is 15.5. The van der Waals surface area contributed by atoms with E-state index < -0.39 is 28.5 Å². The summed E-state index contributed by atoms with van der Waals surface area (Å²) < 4.78 is 44.1. The molecule has 0 radical (unpaired) electrons. The Kier molecular flexibility index (Phi) is 9.78. The van der Waals surface area contributed by atoms with Gasteiger partial charge in [-0.2, -0.15) is 0 Å². The van der Waals surface area contributed by atoms with Gasteiger partial charge in [0.15, 0.2) is 11.5 Å². The van der Waals surface area contributed by atoms with Gasteiger partial charge in [0.05, 0.1) is 18.6 Å². The molecule has 1 heterocycles. The van der Waals surface area contributed by atoms with Crippen molar-refractivity contribution in [3.63, 3.8) is 0 Å². The van der Waals surface area contributed by atoms with Crippen LogP contribution < -0.4 is 23.8 Å². The molecular formula is C29H39N3O7S. The van der Waals surface area contributed by atoms with Crippen molar-refractivity contribution in [1.82, 2.24) is 10.2 Å². The van der Waals surface area contributed by atoms with Crippen molar-refractivity contribution in [1.29, 1.82) is 0 Å². The van der Waals surface area contributed by atoms with Crippen LogP contribution in [0.1, 0.15) is 51.5 Å². The van der Waals surface area contributed by atoms with Gasteiger partial charge in [0, 0.05) is 18.7 Å². The van der Waals surface area contributed by atoms with Crippen LogP contribution in [0.3, 0.4) is 0 Å². The van der Waals surface area contributed by atoms with Crippen LogP contribution in [0.25, 0.3) is 0 Å². The second kappa shape index (κ2) is 13.3. The molecule has 2 aliphatic rings. The fraction of sp³-hybridized carbons (Fsp3) is 0.517. The van der Waals surface area contributed by atoms with Crippen LogP contribution >= 0.6 is 0 Å². The van der Waals surface area contributed by atoms with E-state index in [2.05, 4.69) is 5.32 Å². The average Bonchev–Trinajstić information content (AvgIpc) is 2.98. The van der Waals surface area contributed by atoms with Crippen LogP contribution in [0, 0.1) is 0 Å². The fourth-order valence-electron chi connectivity index (χ4n) is 5.03. The summed E-state index contributed by atoms with van der Waals surface area (Å²) in [4.78, 5) is 28.7. The number of hydrogen-bond donors (Lipinski definition) is 1. The second-order valence-electron chi connectivity index (χ2n) is 10.1. The number of ether oxygens (including phenoxy) is 3.